The molecular weight excluding hydrogens is 438 g/mol. The van der Waals surface area contributed by atoms with E-state index in [1.54, 1.807) is 24.3 Å². The number of amides is 1. The van der Waals surface area contributed by atoms with E-state index >= 15 is 0 Å². The number of ether oxygens (including phenoxy) is 2. The fraction of sp³-hybridized carbons (Fsp3) is 0.259. The third kappa shape index (κ3) is 7.09. The molecular formula is C27H28ClNO4. The molecule has 0 aromatic heterocycles. The zero-order chi connectivity index (χ0) is 24.0. The lowest BCUT2D eigenvalue weighted by atomic mass is 10.1. The maximum Gasteiger partial charge on any atom is 0.338 e. The van der Waals surface area contributed by atoms with Crippen LogP contribution in [0.15, 0.2) is 66.7 Å². The number of nitrogens with one attached hydrogen (secondary N) is 1. The summed E-state index contributed by atoms with van der Waals surface area (Å²) in [6, 6.07) is 19.9. The van der Waals surface area contributed by atoms with E-state index in [1.165, 1.54) is 0 Å². The van der Waals surface area contributed by atoms with Crippen molar-refractivity contribution < 1.29 is 19.1 Å². The number of halogens is 1. The molecule has 0 aliphatic heterocycles. The van der Waals surface area contributed by atoms with Crippen molar-refractivity contribution in [2.24, 2.45) is 0 Å². The van der Waals surface area contributed by atoms with Crippen LogP contribution in [0.1, 0.15) is 58.2 Å². The second-order valence-corrected chi connectivity index (χ2v) is 9.15. The molecule has 6 heteroatoms. The average molecular weight is 466 g/mol. The van der Waals surface area contributed by atoms with Crippen LogP contribution in [0.2, 0.25) is 5.02 Å². The van der Waals surface area contributed by atoms with Gasteiger partial charge in [-0.2, -0.15) is 0 Å². The molecule has 0 saturated carbocycles. The predicted molar refractivity (Wildman–Crippen MR) is 130 cm³/mol. The van der Waals surface area contributed by atoms with E-state index in [0.717, 1.165) is 16.7 Å². The summed E-state index contributed by atoms with van der Waals surface area (Å²) < 4.78 is 11.3. The maximum absolute atomic E-state index is 12.8. The zero-order valence-electron chi connectivity index (χ0n) is 19.3. The number of hydrogen-bond donors (Lipinski definition) is 1. The molecule has 3 aromatic rings. The van der Waals surface area contributed by atoms with Crippen LogP contribution in [0.25, 0.3) is 0 Å². The highest BCUT2D eigenvalue weighted by molar-refractivity contribution is 6.31. The van der Waals surface area contributed by atoms with Gasteiger partial charge in [-0.3, -0.25) is 4.79 Å². The van der Waals surface area contributed by atoms with Gasteiger partial charge in [0, 0.05) is 22.7 Å². The van der Waals surface area contributed by atoms with Crippen LogP contribution < -0.4 is 10.1 Å². The molecule has 1 amide bonds. The molecule has 33 heavy (non-hydrogen) atoms. The van der Waals surface area contributed by atoms with Gasteiger partial charge < -0.3 is 14.8 Å². The number of benzene rings is 3. The lowest BCUT2D eigenvalue weighted by Gasteiger charge is -2.19. The molecule has 0 spiro atoms. The Bertz CT molecular complexity index is 1150. The van der Waals surface area contributed by atoms with Crippen molar-refractivity contribution in [2.75, 3.05) is 0 Å². The molecule has 0 atom stereocenters. The standard InChI is InChI=1S/C27H28ClNO4/c1-18-12-13-22(32-17-21-9-5-6-11-24(21)28)15-23(18)25(30)29-16-19-8-7-10-20(14-19)26(31)33-27(2,3)4/h5-15H,16-17H2,1-4H3,(H,29,30). The SMILES string of the molecule is Cc1ccc(OCc2ccccc2Cl)cc1C(=O)NCc1cccc(C(=O)OC(C)(C)C)c1. The number of carbonyl (C=O) groups excluding carboxylic acids is 2. The quantitative estimate of drug-likeness (QED) is 0.427. The van der Waals surface area contributed by atoms with Crippen LogP contribution >= 0.6 is 11.6 Å². The van der Waals surface area contributed by atoms with Gasteiger partial charge in [-0.15, -0.1) is 0 Å². The highest BCUT2D eigenvalue weighted by Crippen LogP contribution is 2.21. The fourth-order valence-electron chi connectivity index (χ4n) is 3.13. The summed E-state index contributed by atoms with van der Waals surface area (Å²) in [7, 11) is 0. The number of hydrogen-bond acceptors (Lipinski definition) is 4. The van der Waals surface area contributed by atoms with Crippen LogP contribution in [-0.4, -0.2) is 17.5 Å². The van der Waals surface area contributed by atoms with Crippen LogP contribution in [0.4, 0.5) is 0 Å². The summed E-state index contributed by atoms with van der Waals surface area (Å²) >= 11 is 6.19. The molecule has 1 N–H and O–H groups in total. The van der Waals surface area contributed by atoms with Crippen molar-refractivity contribution in [1.82, 2.24) is 5.32 Å². The van der Waals surface area contributed by atoms with E-state index in [0.29, 0.717) is 28.5 Å². The Kier molecular flexibility index (Phi) is 7.77. The summed E-state index contributed by atoms with van der Waals surface area (Å²) in [4.78, 5) is 25.2. The summed E-state index contributed by atoms with van der Waals surface area (Å²) in [5.74, 6) is -0.0363. The first-order chi connectivity index (χ1) is 15.6. The van der Waals surface area contributed by atoms with Crippen LogP contribution in [0.3, 0.4) is 0 Å². The highest BCUT2D eigenvalue weighted by Gasteiger charge is 2.18. The van der Waals surface area contributed by atoms with E-state index in [2.05, 4.69) is 5.32 Å². The van der Waals surface area contributed by atoms with Crippen molar-refractivity contribution in [2.45, 2.75) is 46.4 Å². The highest BCUT2D eigenvalue weighted by atomic mass is 35.5. The van der Waals surface area contributed by atoms with Gasteiger partial charge in [-0.25, -0.2) is 4.79 Å². The van der Waals surface area contributed by atoms with Crippen LogP contribution in [-0.2, 0) is 17.9 Å². The van der Waals surface area contributed by atoms with Gasteiger partial charge in [-0.05, 0) is 69.2 Å². The van der Waals surface area contributed by atoms with E-state index in [-0.39, 0.29) is 12.5 Å². The molecule has 0 aliphatic carbocycles. The fourth-order valence-corrected chi connectivity index (χ4v) is 3.33. The number of rotatable bonds is 7. The number of esters is 1. The van der Waals surface area contributed by atoms with Crippen LogP contribution in [0, 0.1) is 6.92 Å². The van der Waals surface area contributed by atoms with E-state index in [1.807, 2.05) is 70.2 Å². The molecule has 0 bridgehead atoms. The Labute approximate surface area is 199 Å². The minimum atomic E-state index is -0.572. The molecule has 5 nitrogen and oxygen atoms in total. The van der Waals surface area contributed by atoms with E-state index in [9.17, 15) is 9.59 Å². The van der Waals surface area contributed by atoms with Gasteiger partial charge in [0.05, 0.1) is 5.56 Å². The second kappa shape index (κ2) is 10.5. The first-order valence-corrected chi connectivity index (χ1v) is 11.1. The van der Waals surface area contributed by atoms with Crippen molar-refractivity contribution in [3.05, 3.63) is 99.6 Å². The van der Waals surface area contributed by atoms with Gasteiger partial charge in [-0.1, -0.05) is 48.0 Å². The molecule has 3 aromatic carbocycles. The third-order valence-electron chi connectivity index (χ3n) is 4.82. The number of aryl methyl sites for hydroxylation is 1. The summed E-state index contributed by atoms with van der Waals surface area (Å²) in [6.07, 6.45) is 0. The molecule has 0 heterocycles. The van der Waals surface area contributed by atoms with Crippen molar-refractivity contribution >= 4 is 23.5 Å². The Balaban J connectivity index is 1.65. The van der Waals surface area contributed by atoms with Crippen molar-refractivity contribution in [3.63, 3.8) is 0 Å². The van der Waals surface area contributed by atoms with Crippen molar-refractivity contribution in [1.29, 1.82) is 0 Å². The Morgan fingerprint density at radius 2 is 1.73 bits per heavy atom. The summed E-state index contributed by atoms with van der Waals surface area (Å²) in [6.45, 7) is 7.92. The molecule has 0 aliphatic rings. The first-order valence-electron chi connectivity index (χ1n) is 10.7. The number of carbonyl (C=O) groups is 2. The summed E-state index contributed by atoms with van der Waals surface area (Å²) in [5, 5.41) is 3.55. The molecule has 3 rings (SSSR count). The van der Waals surface area contributed by atoms with Gasteiger partial charge in [0.15, 0.2) is 0 Å². The van der Waals surface area contributed by atoms with E-state index < -0.39 is 11.6 Å². The largest absolute Gasteiger partial charge is 0.489 e. The smallest absolute Gasteiger partial charge is 0.338 e. The molecule has 0 fully saturated rings. The minimum absolute atomic E-state index is 0.224. The zero-order valence-corrected chi connectivity index (χ0v) is 20.0. The average Bonchev–Trinajstić information content (AvgIpc) is 2.77. The van der Waals surface area contributed by atoms with Gasteiger partial charge in [0.2, 0.25) is 0 Å². The Morgan fingerprint density at radius 3 is 2.45 bits per heavy atom. The summed E-state index contributed by atoms with van der Waals surface area (Å²) in [5.41, 5.74) is 2.90. The molecule has 172 valence electrons. The maximum atomic E-state index is 12.8. The topological polar surface area (TPSA) is 64.6 Å². The molecule has 0 saturated heterocycles. The van der Waals surface area contributed by atoms with Gasteiger partial charge >= 0.3 is 5.97 Å². The predicted octanol–water partition coefficient (Wildman–Crippen LogP) is 6.11. The molecule has 0 unspecified atom stereocenters. The lowest BCUT2D eigenvalue weighted by molar-refractivity contribution is 0.00693. The van der Waals surface area contributed by atoms with Crippen LogP contribution in [0.5, 0.6) is 5.75 Å². The normalized spacial score (nSPS) is 11.1. The Hall–Kier alpha value is -3.31. The van der Waals surface area contributed by atoms with E-state index in [4.69, 9.17) is 21.1 Å². The second-order valence-electron chi connectivity index (χ2n) is 8.74. The molecule has 0 radical (unpaired) electrons. The Morgan fingerprint density at radius 1 is 0.970 bits per heavy atom. The lowest BCUT2D eigenvalue weighted by Crippen LogP contribution is -2.25. The first kappa shape index (κ1) is 24.3. The van der Waals surface area contributed by atoms with Crippen molar-refractivity contribution in [3.8, 4) is 5.75 Å². The minimum Gasteiger partial charge on any atom is -0.489 e. The third-order valence-corrected chi connectivity index (χ3v) is 5.19. The van der Waals surface area contributed by atoms with Gasteiger partial charge in [0.1, 0.15) is 18.0 Å². The van der Waals surface area contributed by atoms with Gasteiger partial charge in [0.25, 0.3) is 5.91 Å². The monoisotopic (exact) mass is 465 g/mol.